The lowest BCUT2D eigenvalue weighted by Gasteiger charge is -2.65. The molecule has 0 spiro atoms. The van der Waals surface area contributed by atoms with Crippen LogP contribution in [0.4, 0.5) is 0 Å². The fraction of sp³-hybridized carbons (Fsp3) is 0.667. The third-order valence-corrected chi connectivity index (χ3v) is 7.26. The molecule has 4 aliphatic rings. The maximum absolute atomic E-state index is 11.6. The quantitative estimate of drug-likeness (QED) is 0.758. The average Bonchev–Trinajstić information content (AvgIpc) is 2.62. The van der Waals surface area contributed by atoms with Crippen LogP contribution in [0.15, 0.2) is 24.3 Å². The predicted octanol–water partition coefficient (Wildman–Crippen LogP) is 3.97. The van der Waals surface area contributed by atoms with Gasteiger partial charge in [-0.05, 0) is 49.8 Å². The molecule has 0 radical (unpaired) electrons. The number of fused-ring (bicyclic) bond motifs is 2. The smallest absolute Gasteiger partial charge is 0.305 e. The van der Waals surface area contributed by atoms with Crippen LogP contribution in [-0.2, 0) is 21.4 Å². The van der Waals surface area contributed by atoms with Crippen LogP contribution >= 0.6 is 12.4 Å². The van der Waals surface area contributed by atoms with Gasteiger partial charge in [0.05, 0.1) is 6.61 Å². The van der Waals surface area contributed by atoms with Crippen LogP contribution in [0, 0.1) is 11.8 Å². The number of carbonyl (C=O) groups excluding carboxylic acids is 1. The van der Waals surface area contributed by atoms with Crippen molar-refractivity contribution in [3.05, 3.63) is 35.4 Å². The summed E-state index contributed by atoms with van der Waals surface area (Å²) in [5.41, 5.74) is 3.50. The minimum absolute atomic E-state index is 0. The molecule has 0 aromatic heterocycles. The number of hydrogen-bond acceptors (Lipinski definition) is 3. The van der Waals surface area contributed by atoms with E-state index in [0.29, 0.717) is 42.4 Å². The van der Waals surface area contributed by atoms with Gasteiger partial charge in [0.2, 0.25) is 0 Å². The molecule has 3 nitrogen and oxygen atoms in total. The van der Waals surface area contributed by atoms with Crippen molar-refractivity contribution in [2.45, 2.75) is 63.5 Å². The first-order chi connectivity index (χ1) is 11.6. The van der Waals surface area contributed by atoms with Crippen LogP contribution in [0.2, 0.25) is 0 Å². The number of ether oxygens (including phenoxy) is 1. The predicted molar refractivity (Wildman–Crippen MR) is 102 cm³/mol. The highest BCUT2D eigenvalue weighted by molar-refractivity contribution is 5.85. The van der Waals surface area contributed by atoms with Gasteiger partial charge in [-0.1, -0.05) is 38.1 Å². The number of benzene rings is 1. The molecule has 2 heterocycles. The van der Waals surface area contributed by atoms with E-state index in [2.05, 4.69) is 43.1 Å². The van der Waals surface area contributed by atoms with Gasteiger partial charge in [0.25, 0.3) is 0 Å². The zero-order chi connectivity index (χ0) is 16.9. The molecule has 0 amide bonds. The van der Waals surface area contributed by atoms with Gasteiger partial charge in [0.1, 0.15) is 0 Å². The molecular weight excluding hydrogens is 334 g/mol. The van der Waals surface area contributed by atoms with Gasteiger partial charge in [-0.15, -0.1) is 12.4 Å². The van der Waals surface area contributed by atoms with Crippen molar-refractivity contribution in [1.29, 1.82) is 0 Å². The minimum atomic E-state index is -0.0603. The normalized spacial score (nSPS) is 35.6. The summed E-state index contributed by atoms with van der Waals surface area (Å²) < 4.78 is 5.52. The van der Waals surface area contributed by atoms with Crippen molar-refractivity contribution < 1.29 is 9.53 Å². The first-order valence-corrected chi connectivity index (χ1v) is 9.56. The Morgan fingerprint density at radius 1 is 1.28 bits per heavy atom. The maximum atomic E-state index is 11.6. The fourth-order valence-corrected chi connectivity index (χ4v) is 6.02. The SMILES string of the molecule is CCC(=O)OC[C@H]1CC2C3Cc4ccccc4[C@@]2(CC)CC1N3C.Cl. The highest BCUT2D eigenvalue weighted by atomic mass is 35.5. The first kappa shape index (κ1) is 18.7. The maximum Gasteiger partial charge on any atom is 0.305 e. The largest absolute Gasteiger partial charge is 0.465 e. The molecule has 1 aromatic carbocycles. The van der Waals surface area contributed by atoms with Gasteiger partial charge < -0.3 is 4.74 Å². The van der Waals surface area contributed by atoms with E-state index in [1.165, 1.54) is 25.7 Å². The highest BCUT2D eigenvalue weighted by Crippen LogP contribution is 2.59. The number of nitrogens with zero attached hydrogens (tertiary/aromatic N) is 1. The molecule has 2 aliphatic heterocycles. The lowest BCUT2D eigenvalue weighted by atomic mass is 9.48. The molecule has 4 bridgehead atoms. The van der Waals surface area contributed by atoms with E-state index in [1.54, 1.807) is 11.1 Å². The van der Waals surface area contributed by atoms with Gasteiger partial charge in [0, 0.05) is 29.8 Å². The molecule has 5 atom stereocenters. The second-order valence-electron chi connectivity index (χ2n) is 8.01. The Morgan fingerprint density at radius 2 is 2.04 bits per heavy atom. The number of rotatable bonds is 4. The molecule has 0 N–H and O–H groups in total. The topological polar surface area (TPSA) is 29.5 Å². The molecule has 1 saturated carbocycles. The van der Waals surface area contributed by atoms with Crippen LogP contribution < -0.4 is 0 Å². The first-order valence-electron chi connectivity index (χ1n) is 9.56. The Hall–Kier alpha value is -1.06. The number of likely N-dealkylation sites (N-methyl/N-ethyl adjacent to an activating group) is 1. The summed E-state index contributed by atoms with van der Waals surface area (Å²) in [5.74, 6) is 1.13. The summed E-state index contributed by atoms with van der Waals surface area (Å²) in [6.45, 7) is 4.84. The summed E-state index contributed by atoms with van der Waals surface area (Å²) in [6.07, 6.45) is 5.30. The van der Waals surface area contributed by atoms with Crippen LogP contribution in [0.5, 0.6) is 0 Å². The van der Waals surface area contributed by atoms with Crippen molar-refractivity contribution in [3.63, 3.8) is 0 Å². The van der Waals surface area contributed by atoms with Gasteiger partial charge in [-0.2, -0.15) is 0 Å². The summed E-state index contributed by atoms with van der Waals surface area (Å²) in [7, 11) is 2.30. The molecule has 2 saturated heterocycles. The zero-order valence-corrected chi connectivity index (χ0v) is 16.3. The standard InChI is InChI=1S/C21H29NO2.ClH/c1-4-20(23)24-13-15-10-17-18-11-14-8-6-7-9-16(14)21(17,5-2)12-19(15)22(18)3;/h6-9,15,17-19H,4-5,10-13H2,1-3H3;1H/t15-,17?,18?,19?,21-;/m1./s1. The number of halogens is 1. The van der Waals surface area contributed by atoms with Crippen LogP contribution in [0.25, 0.3) is 0 Å². The van der Waals surface area contributed by atoms with Crippen molar-refractivity contribution in [1.82, 2.24) is 4.90 Å². The molecule has 4 heteroatoms. The minimum Gasteiger partial charge on any atom is -0.465 e. The van der Waals surface area contributed by atoms with E-state index in [-0.39, 0.29) is 18.4 Å². The number of esters is 1. The van der Waals surface area contributed by atoms with Gasteiger partial charge in [0.15, 0.2) is 0 Å². The van der Waals surface area contributed by atoms with E-state index >= 15 is 0 Å². The molecule has 25 heavy (non-hydrogen) atoms. The van der Waals surface area contributed by atoms with E-state index < -0.39 is 0 Å². The molecule has 3 unspecified atom stereocenters. The van der Waals surface area contributed by atoms with Crippen molar-refractivity contribution in [2.75, 3.05) is 13.7 Å². The Bertz CT molecular complexity index is 649. The summed E-state index contributed by atoms with van der Waals surface area (Å²) in [4.78, 5) is 14.2. The van der Waals surface area contributed by atoms with Crippen LogP contribution in [0.1, 0.15) is 50.7 Å². The number of hydrogen-bond donors (Lipinski definition) is 0. The highest BCUT2D eigenvalue weighted by Gasteiger charge is 2.59. The van der Waals surface area contributed by atoms with E-state index in [9.17, 15) is 4.79 Å². The third-order valence-electron chi connectivity index (χ3n) is 7.26. The van der Waals surface area contributed by atoms with E-state index in [0.717, 1.165) is 0 Å². The monoisotopic (exact) mass is 363 g/mol. The van der Waals surface area contributed by atoms with Gasteiger partial charge in [-0.25, -0.2) is 0 Å². The molecule has 3 fully saturated rings. The molecule has 1 aromatic rings. The molecule has 5 rings (SSSR count). The Labute approximate surface area is 157 Å². The molecular formula is C21H30ClNO2. The lowest BCUT2D eigenvalue weighted by Crippen LogP contribution is -2.68. The second-order valence-corrected chi connectivity index (χ2v) is 8.01. The lowest BCUT2D eigenvalue weighted by molar-refractivity contribution is -0.152. The van der Waals surface area contributed by atoms with Crippen LogP contribution in [-0.4, -0.2) is 36.6 Å². The number of carbonyl (C=O) groups is 1. The van der Waals surface area contributed by atoms with E-state index in [1.807, 2.05) is 6.92 Å². The molecule has 2 aliphatic carbocycles. The third kappa shape index (κ3) is 2.71. The van der Waals surface area contributed by atoms with Crippen molar-refractivity contribution in [3.8, 4) is 0 Å². The summed E-state index contributed by atoms with van der Waals surface area (Å²) >= 11 is 0. The average molecular weight is 364 g/mol. The van der Waals surface area contributed by atoms with E-state index in [4.69, 9.17) is 4.74 Å². The van der Waals surface area contributed by atoms with Crippen molar-refractivity contribution in [2.24, 2.45) is 11.8 Å². The fourth-order valence-electron chi connectivity index (χ4n) is 6.02. The molecule has 138 valence electrons. The Balaban J connectivity index is 0.00000182. The Kier molecular flexibility index (Phi) is 5.18. The van der Waals surface area contributed by atoms with Crippen LogP contribution in [0.3, 0.4) is 0 Å². The summed E-state index contributed by atoms with van der Waals surface area (Å²) in [5, 5.41) is 0. The Morgan fingerprint density at radius 3 is 2.76 bits per heavy atom. The van der Waals surface area contributed by atoms with Gasteiger partial charge >= 0.3 is 5.97 Å². The number of piperidine rings is 2. The zero-order valence-electron chi connectivity index (χ0n) is 15.5. The van der Waals surface area contributed by atoms with Gasteiger partial charge in [-0.3, -0.25) is 9.69 Å². The second kappa shape index (κ2) is 6.92. The summed E-state index contributed by atoms with van der Waals surface area (Å²) in [6, 6.07) is 10.3. The van der Waals surface area contributed by atoms with Crippen molar-refractivity contribution >= 4 is 18.4 Å².